The second kappa shape index (κ2) is 17.4. The number of rotatable bonds is 16. The van der Waals surface area contributed by atoms with E-state index in [9.17, 15) is 24.2 Å². The van der Waals surface area contributed by atoms with Gasteiger partial charge in [-0.3, -0.25) is 9.59 Å². The molecule has 0 fully saturated rings. The lowest BCUT2D eigenvalue weighted by atomic mass is 9.94. The first-order valence-electron chi connectivity index (χ1n) is 15.8. The molecule has 4 aromatic rings. The van der Waals surface area contributed by atoms with Crippen LogP contribution in [0.5, 0.6) is 5.75 Å². The fraction of sp³-hybridized carbons (Fsp3) is 0.316. The number of nitrogens with one attached hydrogen (secondary N) is 1. The Bertz CT molecular complexity index is 1670. The van der Waals surface area contributed by atoms with Crippen LogP contribution in [-0.2, 0) is 20.8 Å². The largest absolute Gasteiger partial charge is 0.491 e. The summed E-state index contributed by atoms with van der Waals surface area (Å²) >= 11 is 0. The number of ether oxygens (including phenoxy) is 3. The molecule has 0 radical (unpaired) electrons. The van der Waals surface area contributed by atoms with Gasteiger partial charge in [-0.25, -0.2) is 4.39 Å². The second-order valence-corrected chi connectivity index (χ2v) is 11.6. The van der Waals surface area contributed by atoms with Gasteiger partial charge in [0.15, 0.2) is 0 Å². The summed E-state index contributed by atoms with van der Waals surface area (Å²) in [6.45, 7) is 5.07. The van der Waals surface area contributed by atoms with E-state index in [1.165, 1.54) is 25.3 Å². The Morgan fingerprint density at radius 2 is 1.56 bits per heavy atom. The molecule has 1 amide bonds. The highest BCUT2D eigenvalue weighted by Gasteiger charge is 2.29. The number of methoxy groups -OCH3 is 2. The molecule has 9 nitrogen and oxygen atoms in total. The molecule has 0 unspecified atom stereocenters. The highest BCUT2D eigenvalue weighted by Crippen LogP contribution is 2.42. The summed E-state index contributed by atoms with van der Waals surface area (Å²) in [5.74, 6) is -0.605. The molecule has 48 heavy (non-hydrogen) atoms. The molecule has 254 valence electrons. The van der Waals surface area contributed by atoms with Gasteiger partial charge in [-0.05, 0) is 60.9 Å². The smallest absolute Gasteiger partial charge is 0.308 e. The van der Waals surface area contributed by atoms with Crippen molar-refractivity contribution in [3.63, 3.8) is 0 Å². The van der Waals surface area contributed by atoms with Crippen LogP contribution in [-0.4, -0.2) is 66.3 Å². The van der Waals surface area contributed by atoms with Crippen molar-refractivity contribution in [1.29, 1.82) is 0 Å². The Balaban J connectivity index is 1.79. The number of aliphatic hydroxyl groups is 2. The number of halogens is 1. The quantitative estimate of drug-likeness (QED) is 0.0971. The Kier molecular flexibility index (Phi) is 13.1. The van der Waals surface area contributed by atoms with E-state index in [-0.39, 0.29) is 31.3 Å². The number of aliphatic hydroxyl groups excluding tert-OH is 2. The molecule has 3 aromatic carbocycles. The highest BCUT2D eigenvalue weighted by molar-refractivity contribution is 6.06. The number of aromatic nitrogens is 1. The lowest BCUT2D eigenvalue weighted by Gasteiger charge is -2.17. The van der Waals surface area contributed by atoms with Crippen LogP contribution < -0.4 is 10.1 Å². The van der Waals surface area contributed by atoms with Gasteiger partial charge in [-0.1, -0.05) is 60.7 Å². The van der Waals surface area contributed by atoms with Gasteiger partial charge >= 0.3 is 5.97 Å². The molecule has 0 aliphatic rings. The predicted octanol–water partition coefficient (Wildman–Crippen LogP) is 6.19. The van der Waals surface area contributed by atoms with Crippen molar-refractivity contribution in [1.82, 2.24) is 9.88 Å². The van der Waals surface area contributed by atoms with Gasteiger partial charge < -0.3 is 34.3 Å². The molecular formula is C38H43FN2O7. The number of hydrogen-bond donors (Lipinski definition) is 3. The number of esters is 1. The molecule has 0 saturated heterocycles. The van der Waals surface area contributed by atoms with Crippen LogP contribution in [0.4, 0.5) is 4.39 Å². The Hall–Kier alpha value is -4.77. The van der Waals surface area contributed by atoms with Crippen molar-refractivity contribution >= 4 is 18.0 Å². The maximum absolute atomic E-state index is 14.3. The summed E-state index contributed by atoms with van der Waals surface area (Å²) in [7, 11) is 2.84. The zero-order valence-corrected chi connectivity index (χ0v) is 27.7. The topological polar surface area (TPSA) is 119 Å². The minimum atomic E-state index is -1.11. The van der Waals surface area contributed by atoms with Gasteiger partial charge in [-0.2, -0.15) is 0 Å². The zero-order valence-electron chi connectivity index (χ0n) is 27.7. The molecule has 0 saturated carbocycles. The van der Waals surface area contributed by atoms with Crippen LogP contribution in [0.2, 0.25) is 0 Å². The van der Waals surface area contributed by atoms with Crippen molar-refractivity contribution in [2.75, 3.05) is 27.4 Å². The van der Waals surface area contributed by atoms with Crippen LogP contribution >= 0.6 is 0 Å². The van der Waals surface area contributed by atoms with Gasteiger partial charge in [0.1, 0.15) is 23.9 Å². The van der Waals surface area contributed by atoms with Crippen LogP contribution in [0, 0.1) is 5.82 Å². The van der Waals surface area contributed by atoms with E-state index in [0.29, 0.717) is 47.0 Å². The molecule has 0 bridgehead atoms. The molecule has 1 heterocycles. The van der Waals surface area contributed by atoms with E-state index < -0.39 is 24.0 Å². The molecule has 1 aromatic heterocycles. The first kappa shape index (κ1) is 36.1. The van der Waals surface area contributed by atoms with Gasteiger partial charge in [0.25, 0.3) is 5.91 Å². The number of carbonyl (C=O) groups is 2. The number of nitrogens with zero attached hydrogens (tertiary/aromatic N) is 1. The summed E-state index contributed by atoms with van der Waals surface area (Å²) in [5, 5.41) is 24.2. The summed E-state index contributed by atoms with van der Waals surface area (Å²) < 4.78 is 31.3. The fourth-order valence-corrected chi connectivity index (χ4v) is 5.46. The van der Waals surface area contributed by atoms with E-state index >= 15 is 0 Å². The number of carbonyl (C=O) groups excluding carboxylic acids is 2. The third kappa shape index (κ3) is 9.41. The van der Waals surface area contributed by atoms with Crippen LogP contribution in [0.15, 0.2) is 84.9 Å². The normalized spacial score (nSPS) is 12.7. The predicted molar refractivity (Wildman–Crippen MR) is 183 cm³/mol. The van der Waals surface area contributed by atoms with Gasteiger partial charge in [0.2, 0.25) is 0 Å². The summed E-state index contributed by atoms with van der Waals surface area (Å²) in [4.78, 5) is 25.9. The first-order valence-corrected chi connectivity index (χ1v) is 15.8. The van der Waals surface area contributed by atoms with Gasteiger partial charge in [0, 0.05) is 42.9 Å². The Morgan fingerprint density at radius 3 is 2.19 bits per heavy atom. The Labute approximate surface area is 280 Å². The van der Waals surface area contributed by atoms with Crippen LogP contribution in [0.25, 0.3) is 28.3 Å². The Morgan fingerprint density at radius 1 is 0.896 bits per heavy atom. The standard InChI is InChI=1S/C38H43FN2O7/c1-25(2)41-33(19-16-30(42)22-31(43)23-34(44)47-4)35(28-12-14-29(39)15-13-28)36(27-8-6-5-7-9-27)37(41)38(45)40-24-26-10-17-32(18-11-26)48-21-20-46-3/h5-19,25,30-31,42-43H,20-24H2,1-4H3,(H,40,45)/b19-16+/t30-,31-/m1/s1. The average molecular weight is 659 g/mol. The third-order valence-corrected chi connectivity index (χ3v) is 7.72. The van der Waals surface area contributed by atoms with Crippen molar-refractivity contribution < 1.29 is 38.4 Å². The molecule has 0 aliphatic heterocycles. The fourth-order valence-electron chi connectivity index (χ4n) is 5.46. The first-order chi connectivity index (χ1) is 23.1. The zero-order chi connectivity index (χ0) is 34.6. The number of benzene rings is 3. The minimum Gasteiger partial charge on any atom is -0.491 e. The molecular weight excluding hydrogens is 615 g/mol. The van der Waals surface area contributed by atoms with Crippen molar-refractivity contribution in [2.45, 2.75) is 51.5 Å². The lowest BCUT2D eigenvalue weighted by Crippen LogP contribution is -2.27. The van der Waals surface area contributed by atoms with Crippen LogP contribution in [0.1, 0.15) is 54.5 Å². The van der Waals surface area contributed by atoms with E-state index in [4.69, 9.17) is 9.47 Å². The van der Waals surface area contributed by atoms with Gasteiger partial charge in [0.05, 0.1) is 32.3 Å². The SMILES string of the molecule is COCCOc1ccc(CNC(=O)c2c(-c3ccccc3)c(-c3ccc(F)cc3)c(/C=C/[C@@H](O)C[C@@H](O)CC(=O)OC)n2C(C)C)cc1. The van der Waals surface area contributed by atoms with Crippen LogP contribution in [0.3, 0.4) is 0 Å². The molecule has 4 rings (SSSR count). The minimum absolute atomic E-state index is 0.102. The molecule has 0 spiro atoms. The van der Waals surface area contributed by atoms with Gasteiger partial charge in [-0.15, -0.1) is 0 Å². The molecule has 3 N–H and O–H groups in total. The average Bonchev–Trinajstić information content (AvgIpc) is 3.43. The number of hydrogen-bond acceptors (Lipinski definition) is 7. The summed E-state index contributed by atoms with van der Waals surface area (Å²) in [6.07, 6.45) is 0.651. The monoisotopic (exact) mass is 658 g/mol. The van der Waals surface area contributed by atoms with E-state index in [1.807, 2.05) is 73.0 Å². The van der Waals surface area contributed by atoms with Crippen molar-refractivity contribution in [2.24, 2.45) is 0 Å². The summed E-state index contributed by atoms with van der Waals surface area (Å²) in [5.41, 5.74) is 4.66. The van der Waals surface area contributed by atoms with E-state index in [1.54, 1.807) is 25.3 Å². The molecule has 2 atom stereocenters. The van der Waals surface area contributed by atoms with Crippen molar-refractivity contribution in [3.8, 4) is 28.0 Å². The van der Waals surface area contributed by atoms with E-state index in [2.05, 4.69) is 10.1 Å². The maximum atomic E-state index is 14.3. The third-order valence-electron chi connectivity index (χ3n) is 7.72. The number of amides is 1. The lowest BCUT2D eigenvalue weighted by molar-refractivity contribution is -0.143. The maximum Gasteiger partial charge on any atom is 0.308 e. The van der Waals surface area contributed by atoms with E-state index in [0.717, 1.165) is 11.1 Å². The molecule has 0 aliphatic carbocycles. The molecule has 10 heteroatoms. The summed E-state index contributed by atoms with van der Waals surface area (Å²) in [6, 6.07) is 22.8. The highest BCUT2D eigenvalue weighted by atomic mass is 19.1. The van der Waals surface area contributed by atoms with Crippen molar-refractivity contribution in [3.05, 3.63) is 108 Å². The second-order valence-electron chi connectivity index (χ2n) is 11.6.